The van der Waals surface area contributed by atoms with Gasteiger partial charge in [-0.3, -0.25) is 10.1 Å². The van der Waals surface area contributed by atoms with E-state index in [1.54, 1.807) is 6.92 Å². The van der Waals surface area contributed by atoms with Crippen molar-refractivity contribution < 1.29 is 17.7 Å². The van der Waals surface area contributed by atoms with Crippen LogP contribution < -0.4 is 5.32 Å². The molecule has 1 N–H and O–H groups in total. The van der Waals surface area contributed by atoms with E-state index in [1.807, 2.05) is 0 Å². The number of nitrogens with zero attached hydrogens (tertiary/aromatic N) is 2. The fraction of sp³-hybridized carbons (Fsp3) is 0.455. The minimum absolute atomic E-state index is 0.192. The van der Waals surface area contributed by atoms with Crippen LogP contribution >= 0.6 is 0 Å². The zero-order chi connectivity index (χ0) is 14.9. The second kappa shape index (κ2) is 5.43. The van der Waals surface area contributed by atoms with E-state index >= 15 is 0 Å². The van der Waals surface area contributed by atoms with E-state index in [9.17, 15) is 22.9 Å². The van der Waals surface area contributed by atoms with Crippen LogP contribution in [0.25, 0.3) is 0 Å². The topological polar surface area (TPSA) is 92.6 Å². The van der Waals surface area contributed by atoms with Crippen LogP contribution in [-0.4, -0.2) is 43.3 Å². The van der Waals surface area contributed by atoms with E-state index in [4.69, 9.17) is 0 Å². The average molecular weight is 303 g/mol. The molecule has 110 valence electrons. The number of hydrogen-bond donors (Lipinski definition) is 1. The van der Waals surface area contributed by atoms with Gasteiger partial charge in [-0.15, -0.1) is 0 Å². The first kappa shape index (κ1) is 14.8. The molecule has 0 aliphatic carbocycles. The number of halogens is 1. The molecule has 1 aliphatic rings. The first-order valence-corrected chi connectivity index (χ1v) is 7.45. The maximum absolute atomic E-state index is 13.6. The number of piperazine rings is 1. The third kappa shape index (κ3) is 2.51. The van der Waals surface area contributed by atoms with Crippen molar-refractivity contribution in [2.75, 3.05) is 19.6 Å². The van der Waals surface area contributed by atoms with Crippen molar-refractivity contribution in [2.45, 2.75) is 17.9 Å². The van der Waals surface area contributed by atoms with Gasteiger partial charge in [0, 0.05) is 25.7 Å². The van der Waals surface area contributed by atoms with Crippen molar-refractivity contribution >= 4 is 15.7 Å². The Morgan fingerprint density at radius 2 is 2.20 bits per heavy atom. The highest BCUT2D eigenvalue weighted by molar-refractivity contribution is 7.89. The molecule has 1 heterocycles. The summed E-state index contributed by atoms with van der Waals surface area (Å²) >= 11 is 0. The number of rotatable bonds is 3. The fourth-order valence-electron chi connectivity index (χ4n) is 2.19. The van der Waals surface area contributed by atoms with Crippen LogP contribution in [0.5, 0.6) is 0 Å². The Kier molecular flexibility index (Phi) is 4.02. The van der Waals surface area contributed by atoms with E-state index in [2.05, 4.69) is 5.32 Å². The quantitative estimate of drug-likeness (QED) is 0.656. The van der Waals surface area contributed by atoms with E-state index < -0.39 is 31.3 Å². The van der Waals surface area contributed by atoms with Crippen LogP contribution in [0.15, 0.2) is 23.1 Å². The van der Waals surface area contributed by atoms with Gasteiger partial charge in [0.1, 0.15) is 0 Å². The highest BCUT2D eigenvalue weighted by atomic mass is 32.2. The standard InChI is InChI=1S/C11H14FN3O4S/c1-8-7-13-5-6-14(8)20(18,19)10-4-2-3-9(12)11(10)15(16)17/h2-4,8,13H,5-7H2,1H3/t8-/m0/s1. The van der Waals surface area contributed by atoms with Gasteiger partial charge in [-0.1, -0.05) is 6.07 Å². The molecule has 0 spiro atoms. The molecule has 0 amide bonds. The molecule has 20 heavy (non-hydrogen) atoms. The van der Waals surface area contributed by atoms with Crippen LogP contribution in [0.2, 0.25) is 0 Å². The van der Waals surface area contributed by atoms with E-state index in [1.165, 1.54) is 0 Å². The summed E-state index contributed by atoms with van der Waals surface area (Å²) < 4.78 is 39.7. The van der Waals surface area contributed by atoms with Gasteiger partial charge in [0.05, 0.1) is 4.92 Å². The molecule has 1 aliphatic heterocycles. The Labute approximate surface area is 115 Å². The summed E-state index contributed by atoms with van der Waals surface area (Å²) in [5.41, 5.74) is -1.00. The highest BCUT2D eigenvalue weighted by Crippen LogP contribution is 2.30. The van der Waals surface area contributed by atoms with Crippen molar-refractivity contribution in [3.63, 3.8) is 0 Å². The minimum atomic E-state index is -4.10. The van der Waals surface area contributed by atoms with Crippen LogP contribution in [-0.2, 0) is 10.0 Å². The lowest BCUT2D eigenvalue weighted by Crippen LogP contribution is -2.52. The van der Waals surface area contributed by atoms with E-state index in [0.717, 1.165) is 22.5 Å². The van der Waals surface area contributed by atoms with Gasteiger partial charge in [0.15, 0.2) is 4.90 Å². The van der Waals surface area contributed by atoms with Gasteiger partial charge < -0.3 is 5.32 Å². The number of nitro groups is 1. The minimum Gasteiger partial charge on any atom is -0.314 e. The molecular weight excluding hydrogens is 289 g/mol. The molecule has 1 aromatic rings. The maximum Gasteiger partial charge on any atom is 0.324 e. The number of nitro benzene ring substituents is 1. The Bertz CT molecular complexity index is 635. The molecule has 0 saturated carbocycles. The number of para-hydroxylation sites is 1. The number of benzene rings is 1. The van der Waals surface area contributed by atoms with Gasteiger partial charge >= 0.3 is 5.69 Å². The third-order valence-corrected chi connectivity index (χ3v) is 5.20. The van der Waals surface area contributed by atoms with Crippen molar-refractivity contribution in [1.29, 1.82) is 0 Å². The summed E-state index contributed by atoms with van der Waals surface area (Å²) in [7, 11) is -4.10. The SMILES string of the molecule is C[C@H]1CNCCN1S(=O)(=O)c1cccc(F)c1[N+](=O)[O-]. The van der Waals surface area contributed by atoms with Gasteiger partial charge in [-0.2, -0.15) is 8.70 Å². The Morgan fingerprint density at radius 1 is 1.50 bits per heavy atom. The molecule has 0 radical (unpaired) electrons. The predicted molar refractivity (Wildman–Crippen MR) is 69.3 cm³/mol. The molecule has 1 atom stereocenters. The average Bonchev–Trinajstić information content (AvgIpc) is 2.38. The number of nitrogens with one attached hydrogen (secondary N) is 1. The molecule has 1 fully saturated rings. The second-order valence-electron chi connectivity index (χ2n) is 4.51. The summed E-state index contributed by atoms with van der Waals surface area (Å²) in [4.78, 5) is 9.32. The monoisotopic (exact) mass is 303 g/mol. The van der Waals surface area contributed by atoms with Crippen LogP contribution in [0.3, 0.4) is 0 Å². The summed E-state index contributed by atoms with van der Waals surface area (Å²) in [6, 6.07) is 2.74. The Morgan fingerprint density at radius 3 is 2.80 bits per heavy atom. The van der Waals surface area contributed by atoms with Gasteiger partial charge in [-0.25, -0.2) is 8.42 Å². The smallest absolute Gasteiger partial charge is 0.314 e. The van der Waals surface area contributed by atoms with Crippen molar-refractivity contribution in [1.82, 2.24) is 9.62 Å². The number of hydrogen-bond acceptors (Lipinski definition) is 5. The Balaban J connectivity index is 2.55. The molecule has 0 aromatic heterocycles. The van der Waals surface area contributed by atoms with Gasteiger partial charge in [0.2, 0.25) is 15.8 Å². The summed E-state index contributed by atoms with van der Waals surface area (Å²) in [5.74, 6) is -1.15. The largest absolute Gasteiger partial charge is 0.324 e. The summed E-state index contributed by atoms with van der Waals surface area (Å²) in [6.07, 6.45) is 0. The molecule has 2 rings (SSSR count). The molecule has 0 unspecified atom stereocenters. The van der Waals surface area contributed by atoms with E-state index in [-0.39, 0.29) is 12.6 Å². The highest BCUT2D eigenvalue weighted by Gasteiger charge is 2.37. The maximum atomic E-state index is 13.6. The molecule has 7 nitrogen and oxygen atoms in total. The van der Waals surface area contributed by atoms with Crippen LogP contribution in [0, 0.1) is 15.9 Å². The Hall–Kier alpha value is -1.58. The summed E-state index contributed by atoms with van der Waals surface area (Å²) in [6.45, 7) is 2.78. The third-order valence-electron chi connectivity index (χ3n) is 3.16. The van der Waals surface area contributed by atoms with Crippen molar-refractivity contribution in [2.24, 2.45) is 0 Å². The van der Waals surface area contributed by atoms with Crippen LogP contribution in [0.4, 0.5) is 10.1 Å². The molecule has 1 aromatic carbocycles. The predicted octanol–water partition coefficient (Wildman–Crippen LogP) is 0.716. The molecule has 1 saturated heterocycles. The lowest BCUT2D eigenvalue weighted by atomic mass is 10.3. The first-order valence-electron chi connectivity index (χ1n) is 6.01. The van der Waals surface area contributed by atoms with Crippen molar-refractivity contribution in [3.8, 4) is 0 Å². The normalized spacial score (nSPS) is 20.8. The van der Waals surface area contributed by atoms with E-state index in [0.29, 0.717) is 13.1 Å². The molecular formula is C11H14FN3O4S. The lowest BCUT2D eigenvalue weighted by Gasteiger charge is -2.32. The van der Waals surface area contributed by atoms with Crippen molar-refractivity contribution in [3.05, 3.63) is 34.1 Å². The fourth-order valence-corrected chi connectivity index (χ4v) is 3.99. The van der Waals surface area contributed by atoms with Gasteiger partial charge in [-0.05, 0) is 19.1 Å². The molecule has 9 heteroatoms. The second-order valence-corrected chi connectivity index (χ2v) is 6.37. The summed E-state index contributed by atoms with van der Waals surface area (Å²) in [5, 5.41) is 13.9. The zero-order valence-electron chi connectivity index (χ0n) is 10.7. The first-order chi connectivity index (χ1) is 9.35. The van der Waals surface area contributed by atoms with Crippen LogP contribution in [0.1, 0.15) is 6.92 Å². The lowest BCUT2D eigenvalue weighted by molar-refractivity contribution is -0.390. The zero-order valence-corrected chi connectivity index (χ0v) is 11.6. The number of sulfonamides is 1. The molecule has 0 bridgehead atoms. The van der Waals surface area contributed by atoms with Gasteiger partial charge in [0.25, 0.3) is 0 Å².